The van der Waals surface area contributed by atoms with Gasteiger partial charge in [-0.2, -0.15) is 5.10 Å². The van der Waals surface area contributed by atoms with Gasteiger partial charge in [0.05, 0.1) is 37.2 Å². The summed E-state index contributed by atoms with van der Waals surface area (Å²) in [5.41, 5.74) is 4.26. The molecule has 1 aromatic carbocycles. The van der Waals surface area contributed by atoms with E-state index in [-0.39, 0.29) is 5.91 Å². The molecule has 0 aliphatic carbocycles. The van der Waals surface area contributed by atoms with Crippen molar-refractivity contribution in [3.05, 3.63) is 59.1 Å². The summed E-state index contributed by atoms with van der Waals surface area (Å²) in [6.07, 6.45) is 4.18. The lowest BCUT2D eigenvalue weighted by atomic mass is 10.1. The van der Waals surface area contributed by atoms with Crippen molar-refractivity contribution in [2.45, 2.75) is 46.2 Å². The third-order valence-corrected chi connectivity index (χ3v) is 6.20. The van der Waals surface area contributed by atoms with Gasteiger partial charge in [-0.1, -0.05) is 35.5 Å². The highest BCUT2D eigenvalue weighted by Gasteiger charge is 2.33. The Labute approximate surface area is 177 Å². The molecule has 0 spiro atoms. The van der Waals surface area contributed by atoms with Gasteiger partial charge in [0.25, 0.3) is 5.91 Å². The fraction of sp³-hybridized carbons (Fsp3) is 0.435. The largest absolute Gasteiger partial charge is 0.361 e. The highest BCUT2D eigenvalue weighted by molar-refractivity contribution is 5.96. The molecule has 4 rings (SSSR count). The number of hydrogen-bond donors (Lipinski definition) is 2. The van der Waals surface area contributed by atoms with Gasteiger partial charge in [0.1, 0.15) is 17.4 Å². The van der Waals surface area contributed by atoms with Crippen molar-refractivity contribution in [3.63, 3.8) is 0 Å². The second-order valence-corrected chi connectivity index (χ2v) is 8.12. The fourth-order valence-corrected chi connectivity index (χ4v) is 4.59. The molecule has 1 aliphatic rings. The van der Waals surface area contributed by atoms with Gasteiger partial charge in [0.15, 0.2) is 0 Å². The molecule has 30 heavy (non-hydrogen) atoms. The number of hydrogen-bond acceptors (Lipinski definition) is 4. The van der Waals surface area contributed by atoms with Crippen LogP contribution in [0.2, 0.25) is 0 Å². The first-order valence-electron chi connectivity index (χ1n) is 10.7. The van der Waals surface area contributed by atoms with E-state index in [9.17, 15) is 4.79 Å². The average molecular weight is 409 g/mol. The zero-order valence-electron chi connectivity index (χ0n) is 17.9. The average Bonchev–Trinajstić information content (AvgIpc) is 3.48. The molecule has 2 N–H and O–H groups in total. The van der Waals surface area contributed by atoms with Crippen molar-refractivity contribution in [2.24, 2.45) is 0 Å². The van der Waals surface area contributed by atoms with Crippen LogP contribution < -0.4 is 4.90 Å². The number of rotatable bonds is 7. The number of aryl methyl sites for hydroxylation is 2. The molecule has 1 aliphatic heterocycles. The zero-order valence-corrected chi connectivity index (χ0v) is 17.9. The molecule has 3 aromatic rings. The number of H-pyrrole nitrogens is 1. The quantitative estimate of drug-likeness (QED) is 0.629. The zero-order chi connectivity index (χ0) is 21.1. The van der Waals surface area contributed by atoms with Gasteiger partial charge in [-0.25, -0.2) is 0 Å². The number of likely N-dealkylation sites (N-methyl/N-ethyl adjacent to an activating group) is 1. The van der Waals surface area contributed by atoms with E-state index in [4.69, 9.17) is 4.52 Å². The number of aromatic amines is 1. The van der Waals surface area contributed by atoms with Gasteiger partial charge >= 0.3 is 0 Å². The maximum absolute atomic E-state index is 13.6. The first-order chi connectivity index (χ1) is 14.6. The monoisotopic (exact) mass is 408 g/mol. The fourth-order valence-electron chi connectivity index (χ4n) is 4.59. The molecule has 0 radical (unpaired) electrons. The lowest BCUT2D eigenvalue weighted by molar-refractivity contribution is -0.909. The van der Waals surface area contributed by atoms with Crippen LogP contribution in [-0.4, -0.2) is 51.8 Å². The minimum Gasteiger partial charge on any atom is -0.361 e. The molecular weight excluding hydrogens is 378 g/mol. The van der Waals surface area contributed by atoms with Crippen LogP contribution >= 0.6 is 0 Å². The van der Waals surface area contributed by atoms with Crippen LogP contribution in [0.25, 0.3) is 11.3 Å². The molecule has 158 valence electrons. The van der Waals surface area contributed by atoms with Crippen molar-refractivity contribution in [1.82, 2.24) is 20.3 Å². The van der Waals surface area contributed by atoms with Gasteiger partial charge in [0.2, 0.25) is 0 Å². The Balaban J connectivity index is 1.64. The SMILES string of the molecule is CC[NH+]1CCC[C@H]1CN(Cc1cn[nH]c1-c1ccccc1)C(=O)c1c(C)noc1C. The Morgan fingerprint density at radius 1 is 1.30 bits per heavy atom. The summed E-state index contributed by atoms with van der Waals surface area (Å²) in [5.74, 6) is 0.554. The standard InChI is InChI=1S/C23H29N5O2/c1-4-27-12-8-11-20(27)15-28(23(29)21-16(2)26-30-17(21)3)14-19-13-24-25-22(19)18-9-6-5-7-10-18/h5-7,9-10,13,20H,4,8,11-12,14-15H2,1-3H3,(H,24,25)/p+1/t20-/m0/s1. The van der Waals surface area contributed by atoms with Gasteiger partial charge in [-0.05, 0) is 26.3 Å². The third-order valence-electron chi connectivity index (χ3n) is 6.20. The van der Waals surface area contributed by atoms with Crippen molar-refractivity contribution in [3.8, 4) is 11.3 Å². The molecule has 7 nitrogen and oxygen atoms in total. The van der Waals surface area contributed by atoms with E-state index in [1.807, 2.05) is 36.2 Å². The van der Waals surface area contributed by atoms with Crippen LogP contribution in [0.1, 0.15) is 47.1 Å². The third kappa shape index (κ3) is 4.03. The Morgan fingerprint density at radius 2 is 2.10 bits per heavy atom. The van der Waals surface area contributed by atoms with Gasteiger partial charge < -0.3 is 14.3 Å². The van der Waals surface area contributed by atoms with Crippen LogP contribution in [0.15, 0.2) is 41.1 Å². The van der Waals surface area contributed by atoms with E-state index in [1.54, 1.807) is 11.8 Å². The molecule has 2 aromatic heterocycles. The Morgan fingerprint density at radius 3 is 2.80 bits per heavy atom. The number of quaternary nitrogens is 1. The number of amides is 1. The number of aromatic nitrogens is 3. The predicted molar refractivity (Wildman–Crippen MR) is 114 cm³/mol. The highest BCUT2D eigenvalue weighted by Crippen LogP contribution is 2.24. The van der Waals surface area contributed by atoms with E-state index < -0.39 is 0 Å². The molecule has 1 saturated heterocycles. The van der Waals surface area contributed by atoms with E-state index in [0.29, 0.717) is 36.1 Å². The van der Waals surface area contributed by atoms with Crippen LogP contribution in [0.5, 0.6) is 0 Å². The summed E-state index contributed by atoms with van der Waals surface area (Å²) in [7, 11) is 0. The Bertz CT molecular complexity index is 975. The van der Waals surface area contributed by atoms with Crippen LogP contribution in [0.3, 0.4) is 0 Å². The Kier molecular flexibility index (Phi) is 5.99. The number of carbonyl (C=O) groups excluding carboxylic acids is 1. The van der Waals surface area contributed by atoms with Crippen molar-refractivity contribution < 1.29 is 14.2 Å². The van der Waals surface area contributed by atoms with Crippen LogP contribution in [-0.2, 0) is 6.54 Å². The van der Waals surface area contributed by atoms with E-state index in [2.05, 4.69) is 34.4 Å². The summed E-state index contributed by atoms with van der Waals surface area (Å²) >= 11 is 0. The second-order valence-electron chi connectivity index (χ2n) is 8.12. The van der Waals surface area contributed by atoms with Gasteiger partial charge in [0, 0.05) is 24.9 Å². The molecule has 1 unspecified atom stereocenters. The number of nitrogens with zero attached hydrogens (tertiary/aromatic N) is 3. The number of likely N-dealkylation sites (tertiary alicyclic amines) is 1. The van der Waals surface area contributed by atoms with Crippen molar-refractivity contribution in [2.75, 3.05) is 19.6 Å². The summed E-state index contributed by atoms with van der Waals surface area (Å²) in [5, 5.41) is 11.4. The number of nitrogens with one attached hydrogen (secondary N) is 2. The summed E-state index contributed by atoms with van der Waals surface area (Å²) < 4.78 is 5.29. The maximum Gasteiger partial charge on any atom is 0.259 e. The Hall–Kier alpha value is -2.93. The molecule has 7 heteroatoms. The van der Waals surface area contributed by atoms with Crippen LogP contribution in [0.4, 0.5) is 0 Å². The molecule has 1 fully saturated rings. The normalized spacial score (nSPS) is 18.6. The molecular formula is C23H30N5O2+. The molecule has 0 bridgehead atoms. The number of carbonyl (C=O) groups is 1. The lowest BCUT2D eigenvalue weighted by Crippen LogP contribution is -3.14. The molecule has 0 saturated carbocycles. The first-order valence-corrected chi connectivity index (χ1v) is 10.7. The lowest BCUT2D eigenvalue weighted by Gasteiger charge is -2.28. The van der Waals surface area contributed by atoms with Gasteiger partial charge in [-0.15, -0.1) is 0 Å². The molecule has 2 atom stereocenters. The smallest absolute Gasteiger partial charge is 0.259 e. The summed E-state index contributed by atoms with van der Waals surface area (Å²) in [4.78, 5) is 17.1. The summed E-state index contributed by atoms with van der Waals surface area (Å²) in [6, 6.07) is 10.6. The topological polar surface area (TPSA) is 79.5 Å². The van der Waals surface area contributed by atoms with Gasteiger partial charge in [-0.3, -0.25) is 9.89 Å². The van der Waals surface area contributed by atoms with Crippen molar-refractivity contribution >= 4 is 5.91 Å². The highest BCUT2D eigenvalue weighted by atomic mass is 16.5. The van der Waals surface area contributed by atoms with Crippen LogP contribution in [0, 0.1) is 13.8 Å². The maximum atomic E-state index is 13.6. The predicted octanol–water partition coefficient (Wildman–Crippen LogP) is 2.39. The molecule has 3 heterocycles. The molecule has 1 amide bonds. The van der Waals surface area contributed by atoms with Crippen molar-refractivity contribution in [1.29, 1.82) is 0 Å². The first kappa shape index (κ1) is 20.3. The summed E-state index contributed by atoms with van der Waals surface area (Å²) in [6.45, 7) is 9.32. The second kappa shape index (κ2) is 8.83. The minimum atomic E-state index is -0.0196. The minimum absolute atomic E-state index is 0.0196. The van der Waals surface area contributed by atoms with E-state index >= 15 is 0 Å². The number of benzene rings is 1. The van der Waals surface area contributed by atoms with E-state index in [0.717, 1.165) is 29.8 Å². The van der Waals surface area contributed by atoms with E-state index in [1.165, 1.54) is 13.0 Å².